The Kier molecular flexibility index (Phi) is 4.93. The van der Waals surface area contributed by atoms with Crippen LogP contribution in [0.25, 0.3) is 0 Å². The topological polar surface area (TPSA) is 32.3 Å². The fourth-order valence-electron chi connectivity index (χ4n) is 2.05. The van der Waals surface area contributed by atoms with Crippen LogP contribution in [0.3, 0.4) is 0 Å². The number of hydrogen-bond donors (Lipinski definition) is 2. The van der Waals surface area contributed by atoms with Gasteiger partial charge in [0.05, 0.1) is 6.61 Å². The van der Waals surface area contributed by atoms with Gasteiger partial charge in [-0.2, -0.15) is 11.3 Å². The average Bonchev–Trinajstić information content (AvgIpc) is 2.93. The lowest BCUT2D eigenvalue weighted by Crippen LogP contribution is -2.36. The molecule has 18 heavy (non-hydrogen) atoms. The normalized spacial score (nSPS) is 14.3. The molecule has 96 valence electrons. The third kappa shape index (κ3) is 3.67. The second kappa shape index (κ2) is 6.69. The molecule has 3 heteroatoms. The highest BCUT2D eigenvalue weighted by Crippen LogP contribution is 2.16. The van der Waals surface area contributed by atoms with Gasteiger partial charge in [-0.25, -0.2) is 0 Å². The molecule has 0 spiro atoms. The van der Waals surface area contributed by atoms with E-state index >= 15 is 0 Å². The highest BCUT2D eigenvalue weighted by atomic mass is 32.1. The predicted octanol–water partition coefficient (Wildman–Crippen LogP) is 3.00. The van der Waals surface area contributed by atoms with Crippen LogP contribution in [-0.4, -0.2) is 17.8 Å². The number of thiophene rings is 1. The van der Waals surface area contributed by atoms with Crippen LogP contribution in [0.15, 0.2) is 47.2 Å². The van der Waals surface area contributed by atoms with E-state index in [1.807, 2.05) is 18.2 Å². The summed E-state index contributed by atoms with van der Waals surface area (Å²) in [6.07, 6.45) is 0.853. The zero-order valence-electron chi connectivity index (χ0n) is 10.5. The Labute approximate surface area is 112 Å². The van der Waals surface area contributed by atoms with Gasteiger partial charge in [-0.3, -0.25) is 0 Å². The molecule has 0 saturated heterocycles. The molecule has 2 N–H and O–H groups in total. The minimum Gasteiger partial charge on any atom is -0.395 e. The SMILES string of the molecule is CC(N[C@@H](CO)Cc1ccccc1)c1ccsc1. The first-order chi connectivity index (χ1) is 8.79. The molecule has 1 unspecified atom stereocenters. The summed E-state index contributed by atoms with van der Waals surface area (Å²) in [6, 6.07) is 12.8. The van der Waals surface area contributed by atoms with Gasteiger partial charge in [-0.05, 0) is 41.3 Å². The van der Waals surface area contributed by atoms with Crippen LogP contribution in [0.4, 0.5) is 0 Å². The second-order valence-electron chi connectivity index (χ2n) is 4.51. The van der Waals surface area contributed by atoms with Gasteiger partial charge >= 0.3 is 0 Å². The summed E-state index contributed by atoms with van der Waals surface area (Å²) in [5.74, 6) is 0. The Morgan fingerprint density at radius 1 is 1.22 bits per heavy atom. The number of benzene rings is 1. The molecule has 2 atom stereocenters. The summed E-state index contributed by atoms with van der Waals surface area (Å²) >= 11 is 1.70. The quantitative estimate of drug-likeness (QED) is 0.838. The van der Waals surface area contributed by atoms with Crippen LogP contribution >= 0.6 is 11.3 Å². The molecule has 2 aromatic rings. The molecular formula is C15H19NOS. The van der Waals surface area contributed by atoms with E-state index in [0.29, 0.717) is 0 Å². The first-order valence-corrected chi connectivity index (χ1v) is 7.17. The summed E-state index contributed by atoms with van der Waals surface area (Å²) in [5.41, 5.74) is 2.54. The first kappa shape index (κ1) is 13.3. The maximum absolute atomic E-state index is 9.47. The summed E-state index contributed by atoms with van der Waals surface area (Å²) in [5, 5.41) is 17.2. The van der Waals surface area contributed by atoms with Crippen molar-refractivity contribution < 1.29 is 5.11 Å². The smallest absolute Gasteiger partial charge is 0.0588 e. The maximum atomic E-state index is 9.47. The molecule has 1 aromatic heterocycles. The van der Waals surface area contributed by atoms with Crippen molar-refractivity contribution in [2.24, 2.45) is 0 Å². The second-order valence-corrected chi connectivity index (χ2v) is 5.29. The molecule has 0 aliphatic rings. The molecule has 0 aliphatic heterocycles. The van der Waals surface area contributed by atoms with Gasteiger partial charge < -0.3 is 10.4 Å². The van der Waals surface area contributed by atoms with Gasteiger partial charge in [-0.1, -0.05) is 30.3 Å². The lowest BCUT2D eigenvalue weighted by Gasteiger charge is -2.21. The number of aliphatic hydroxyl groups excluding tert-OH is 1. The van der Waals surface area contributed by atoms with Crippen LogP contribution in [0.5, 0.6) is 0 Å². The third-order valence-corrected chi connectivity index (χ3v) is 3.78. The zero-order valence-corrected chi connectivity index (χ0v) is 11.4. The largest absolute Gasteiger partial charge is 0.395 e. The van der Waals surface area contributed by atoms with E-state index in [1.54, 1.807) is 11.3 Å². The Bertz CT molecular complexity index is 441. The van der Waals surface area contributed by atoms with E-state index in [2.05, 4.69) is 41.2 Å². The average molecular weight is 261 g/mol. The standard InChI is InChI=1S/C15H19NOS/c1-12(14-7-8-18-11-14)16-15(10-17)9-13-5-3-2-4-6-13/h2-8,11-12,15-17H,9-10H2,1H3/t12?,15-/m1/s1. The summed E-state index contributed by atoms with van der Waals surface area (Å²) in [6.45, 7) is 2.29. The molecule has 1 aromatic carbocycles. The van der Waals surface area contributed by atoms with Crippen molar-refractivity contribution >= 4 is 11.3 Å². The van der Waals surface area contributed by atoms with E-state index in [9.17, 15) is 5.11 Å². The van der Waals surface area contributed by atoms with E-state index < -0.39 is 0 Å². The zero-order chi connectivity index (χ0) is 12.8. The van der Waals surface area contributed by atoms with Crippen molar-refractivity contribution in [1.82, 2.24) is 5.32 Å². The molecule has 2 rings (SSSR count). The van der Waals surface area contributed by atoms with Crippen molar-refractivity contribution in [2.75, 3.05) is 6.61 Å². The summed E-state index contributed by atoms with van der Waals surface area (Å²) < 4.78 is 0. The molecule has 0 amide bonds. The van der Waals surface area contributed by atoms with Crippen LogP contribution < -0.4 is 5.32 Å². The fraction of sp³-hybridized carbons (Fsp3) is 0.333. The van der Waals surface area contributed by atoms with Gasteiger partial charge in [0.1, 0.15) is 0 Å². The van der Waals surface area contributed by atoms with E-state index in [0.717, 1.165) is 6.42 Å². The van der Waals surface area contributed by atoms with E-state index in [-0.39, 0.29) is 18.7 Å². The molecule has 0 radical (unpaired) electrons. The molecular weight excluding hydrogens is 242 g/mol. The minimum atomic E-state index is 0.0994. The van der Waals surface area contributed by atoms with Crippen molar-refractivity contribution in [3.8, 4) is 0 Å². The number of aliphatic hydroxyl groups is 1. The predicted molar refractivity (Wildman–Crippen MR) is 76.9 cm³/mol. The lowest BCUT2D eigenvalue weighted by atomic mass is 10.0. The van der Waals surface area contributed by atoms with Crippen molar-refractivity contribution in [3.05, 3.63) is 58.3 Å². The first-order valence-electron chi connectivity index (χ1n) is 6.22. The molecule has 0 aliphatic carbocycles. The van der Waals surface area contributed by atoms with E-state index in [1.165, 1.54) is 11.1 Å². The Hall–Kier alpha value is -1.16. The molecule has 2 nitrogen and oxygen atoms in total. The monoisotopic (exact) mass is 261 g/mol. The minimum absolute atomic E-state index is 0.0994. The number of rotatable bonds is 6. The summed E-state index contributed by atoms with van der Waals surface area (Å²) in [7, 11) is 0. The van der Waals surface area contributed by atoms with Gasteiger partial charge in [0.2, 0.25) is 0 Å². The van der Waals surface area contributed by atoms with E-state index in [4.69, 9.17) is 0 Å². The maximum Gasteiger partial charge on any atom is 0.0588 e. The van der Waals surface area contributed by atoms with Crippen molar-refractivity contribution in [1.29, 1.82) is 0 Å². The van der Waals surface area contributed by atoms with Gasteiger partial charge in [0, 0.05) is 12.1 Å². The highest BCUT2D eigenvalue weighted by molar-refractivity contribution is 7.07. The van der Waals surface area contributed by atoms with Crippen LogP contribution in [0.2, 0.25) is 0 Å². The summed E-state index contributed by atoms with van der Waals surface area (Å²) in [4.78, 5) is 0. The highest BCUT2D eigenvalue weighted by Gasteiger charge is 2.13. The lowest BCUT2D eigenvalue weighted by molar-refractivity contribution is 0.232. The number of hydrogen-bond acceptors (Lipinski definition) is 3. The molecule has 0 bridgehead atoms. The van der Waals surface area contributed by atoms with Crippen LogP contribution in [-0.2, 0) is 6.42 Å². The molecule has 0 fully saturated rings. The Balaban J connectivity index is 1.93. The van der Waals surface area contributed by atoms with Gasteiger partial charge in [0.25, 0.3) is 0 Å². The van der Waals surface area contributed by atoms with Crippen LogP contribution in [0.1, 0.15) is 24.1 Å². The fourth-order valence-corrected chi connectivity index (χ4v) is 2.80. The van der Waals surface area contributed by atoms with Crippen molar-refractivity contribution in [3.63, 3.8) is 0 Å². The van der Waals surface area contributed by atoms with Gasteiger partial charge in [0.15, 0.2) is 0 Å². The van der Waals surface area contributed by atoms with Crippen LogP contribution in [0, 0.1) is 0 Å². The number of nitrogens with one attached hydrogen (secondary N) is 1. The Morgan fingerprint density at radius 3 is 2.61 bits per heavy atom. The molecule has 1 heterocycles. The molecule has 0 saturated carbocycles. The van der Waals surface area contributed by atoms with Gasteiger partial charge in [-0.15, -0.1) is 0 Å². The van der Waals surface area contributed by atoms with Crippen molar-refractivity contribution in [2.45, 2.75) is 25.4 Å². The Morgan fingerprint density at radius 2 is 2.00 bits per heavy atom. The third-order valence-electron chi connectivity index (χ3n) is 3.07.